The molecule has 0 aliphatic heterocycles. The summed E-state index contributed by atoms with van der Waals surface area (Å²) in [6, 6.07) is 9.18. The van der Waals surface area contributed by atoms with Gasteiger partial charge in [0, 0.05) is 17.3 Å². The topological polar surface area (TPSA) is 74.8 Å². The SMILES string of the molecule is Cc1cc(-c2ccc(C)c(S(=O)(=O)Nc3cc(F)ccc3F)c2)n[nH]1. The van der Waals surface area contributed by atoms with Crippen LogP contribution in [0.2, 0.25) is 0 Å². The number of aromatic amines is 1. The maximum absolute atomic E-state index is 13.8. The van der Waals surface area contributed by atoms with Crippen molar-refractivity contribution in [2.24, 2.45) is 0 Å². The van der Waals surface area contributed by atoms with Gasteiger partial charge in [0.1, 0.15) is 11.6 Å². The summed E-state index contributed by atoms with van der Waals surface area (Å²) in [6.45, 7) is 3.45. The number of nitrogens with zero attached hydrogens (tertiary/aromatic N) is 1. The number of anilines is 1. The monoisotopic (exact) mass is 363 g/mol. The van der Waals surface area contributed by atoms with E-state index in [1.807, 2.05) is 6.92 Å². The summed E-state index contributed by atoms with van der Waals surface area (Å²) in [5, 5.41) is 6.89. The highest BCUT2D eigenvalue weighted by Gasteiger charge is 2.20. The van der Waals surface area contributed by atoms with Crippen LogP contribution >= 0.6 is 0 Å². The minimum absolute atomic E-state index is 0.0330. The van der Waals surface area contributed by atoms with E-state index in [4.69, 9.17) is 0 Å². The molecule has 1 aromatic heterocycles. The molecule has 1 heterocycles. The molecule has 0 unspecified atom stereocenters. The molecule has 0 bridgehead atoms. The number of sulfonamides is 1. The second-order valence-corrected chi connectivity index (χ2v) is 7.30. The quantitative estimate of drug-likeness (QED) is 0.741. The molecule has 3 aromatic rings. The lowest BCUT2D eigenvalue weighted by Gasteiger charge is -2.12. The first-order valence-electron chi connectivity index (χ1n) is 7.37. The molecule has 25 heavy (non-hydrogen) atoms. The number of halogens is 2. The van der Waals surface area contributed by atoms with E-state index >= 15 is 0 Å². The molecular formula is C17H15F2N3O2S. The molecule has 0 aliphatic carbocycles. The Bertz CT molecular complexity index is 1050. The van der Waals surface area contributed by atoms with Gasteiger partial charge in [0.15, 0.2) is 0 Å². The first kappa shape index (κ1) is 17.1. The van der Waals surface area contributed by atoms with E-state index in [2.05, 4.69) is 14.9 Å². The van der Waals surface area contributed by atoms with Crippen LogP contribution in [0.5, 0.6) is 0 Å². The third-order valence-corrected chi connectivity index (χ3v) is 5.16. The number of hydrogen-bond acceptors (Lipinski definition) is 3. The Balaban J connectivity index is 2.03. The Kier molecular flexibility index (Phi) is 4.30. The molecule has 8 heteroatoms. The van der Waals surface area contributed by atoms with Gasteiger partial charge >= 0.3 is 0 Å². The molecular weight excluding hydrogens is 348 g/mol. The first-order chi connectivity index (χ1) is 11.8. The predicted molar refractivity (Wildman–Crippen MR) is 90.7 cm³/mol. The van der Waals surface area contributed by atoms with Gasteiger partial charge in [0.2, 0.25) is 0 Å². The molecule has 2 N–H and O–H groups in total. The van der Waals surface area contributed by atoms with Crippen molar-refractivity contribution >= 4 is 15.7 Å². The van der Waals surface area contributed by atoms with Crippen molar-refractivity contribution in [3.05, 3.63) is 65.4 Å². The van der Waals surface area contributed by atoms with Crippen molar-refractivity contribution in [1.29, 1.82) is 0 Å². The van der Waals surface area contributed by atoms with E-state index in [0.29, 0.717) is 16.8 Å². The van der Waals surface area contributed by atoms with Crippen LogP contribution in [0.1, 0.15) is 11.3 Å². The third kappa shape index (κ3) is 3.53. The fourth-order valence-electron chi connectivity index (χ4n) is 2.39. The van der Waals surface area contributed by atoms with Crippen LogP contribution in [0.25, 0.3) is 11.3 Å². The number of nitrogens with one attached hydrogen (secondary N) is 2. The molecule has 0 saturated heterocycles. The lowest BCUT2D eigenvalue weighted by molar-refractivity contribution is 0.594. The van der Waals surface area contributed by atoms with E-state index in [0.717, 1.165) is 23.9 Å². The van der Waals surface area contributed by atoms with E-state index in [-0.39, 0.29) is 4.90 Å². The summed E-state index contributed by atoms with van der Waals surface area (Å²) in [4.78, 5) is -0.0330. The van der Waals surface area contributed by atoms with Crippen LogP contribution < -0.4 is 4.72 Å². The minimum Gasteiger partial charge on any atom is -0.282 e. The maximum atomic E-state index is 13.8. The van der Waals surface area contributed by atoms with Gasteiger partial charge in [-0.15, -0.1) is 0 Å². The number of aromatic nitrogens is 2. The van der Waals surface area contributed by atoms with Crippen LogP contribution in [-0.2, 0) is 10.0 Å². The predicted octanol–water partition coefficient (Wildman–Crippen LogP) is 3.77. The normalized spacial score (nSPS) is 11.5. The van der Waals surface area contributed by atoms with E-state index in [9.17, 15) is 17.2 Å². The Labute approximate surface area is 143 Å². The van der Waals surface area contributed by atoms with Crippen LogP contribution in [-0.4, -0.2) is 18.6 Å². The van der Waals surface area contributed by atoms with Gasteiger partial charge in [0.05, 0.1) is 16.3 Å². The largest absolute Gasteiger partial charge is 0.282 e. The average Bonchev–Trinajstić information content (AvgIpc) is 2.97. The summed E-state index contributed by atoms with van der Waals surface area (Å²) in [7, 11) is -4.10. The molecule has 0 aliphatic rings. The Morgan fingerprint density at radius 3 is 2.48 bits per heavy atom. The number of aryl methyl sites for hydroxylation is 2. The van der Waals surface area contributed by atoms with Gasteiger partial charge in [-0.3, -0.25) is 9.82 Å². The summed E-state index contributed by atoms with van der Waals surface area (Å²) in [5.74, 6) is -1.60. The molecule has 5 nitrogen and oxygen atoms in total. The Morgan fingerprint density at radius 1 is 1.04 bits per heavy atom. The molecule has 0 fully saturated rings. The van der Waals surface area contributed by atoms with Gasteiger partial charge in [-0.2, -0.15) is 5.10 Å². The van der Waals surface area contributed by atoms with Gasteiger partial charge in [-0.05, 0) is 43.7 Å². The van der Waals surface area contributed by atoms with Crippen molar-refractivity contribution < 1.29 is 17.2 Å². The molecule has 0 saturated carbocycles. The highest BCUT2D eigenvalue weighted by atomic mass is 32.2. The smallest absolute Gasteiger partial charge is 0.262 e. The zero-order valence-electron chi connectivity index (χ0n) is 13.5. The van der Waals surface area contributed by atoms with Gasteiger partial charge in [0.25, 0.3) is 10.0 Å². The molecule has 0 spiro atoms. The standard InChI is InChI=1S/C17H15F2N3O2S/c1-10-3-4-12(15-7-11(2)20-21-15)8-17(10)25(23,24)22-16-9-13(18)5-6-14(16)19/h3-9,22H,1-2H3,(H,20,21). The maximum Gasteiger partial charge on any atom is 0.262 e. The van der Waals surface area contributed by atoms with Crippen molar-refractivity contribution in [2.75, 3.05) is 4.72 Å². The zero-order valence-corrected chi connectivity index (χ0v) is 14.3. The van der Waals surface area contributed by atoms with Crippen LogP contribution in [0.4, 0.5) is 14.5 Å². The van der Waals surface area contributed by atoms with Crippen LogP contribution in [0.15, 0.2) is 47.4 Å². The summed E-state index contributed by atoms with van der Waals surface area (Å²) in [5.41, 5.74) is 2.04. The fraction of sp³-hybridized carbons (Fsp3) is 0.118. The lowest BCUT2D eigenvalue weighted by Crippen LogP contribution is -2.15. The van der Waals surface area contributed by atoms with Crippen molar-refractivity contribution in [3.8, 4) is 11.3 Å². The van der Waals surface area contributed by atoms with Gasteiger partial charge in [-0.25, -0.2) is 17.2 Å². The third-order valence-electron chi connectivity index (χ3n) is 3.65. The lowest BCUT2D eigenvalue weighted by atomic mass is 10.1. The molecule has 3 rings (SSSR count). The van der Waals surface area contributed by atoms with Gasteiger partial charge in [-0.1, -0.05) is 12.1 Å². The number of hydrogen-bond donors (Lipinski definition) is 2. The highest BCUT2D eigenvalue weighted by Crippen LogP contribution is 2.27. The minimum atomic E-state index is -4.10. The van der Waals surface area contributed by atoms with Crippen molar-refractivity contribution in [2.45, 2.75) is 18.7 Å². The second kappa shape index (κ2) is 6.29. The summed E-state index contributed by atoms with van der Waals surface area (Å²) < 4.78 is 54.4. The van der Waals surface area contributed by atoms with Crippen LogP contribution in [0.3, 0.4) is 0 Å². The summed E-state index contributed by atoms with van der Waals surface area (Å²) in [6.07, 6.45) is 0. The highest BCUT2D eigenvalue weighted by molar-refractivity contribution is 7.92. The van der Waals surface area contributed by atoms with E-state index in [1.54, 1.807) is 25.1 Å². The van der Waals surface area contributed by atoms with E-state index in [1.165, 1.54) is 6.07 Å². The first-order valence-corrected chi connectivity index (χ1v) is 8.85. The molecule has 2 aromatic carbocycles. The van der Waals surface area contributed by atoms with Crippen molar-refractivity contribution in [1.82, 2.24) is 10.2 Å². The number of H-pyrrole nitrogens is 1. The average molecular weight is 363 g/mol. The fourth-order valence-corrected chi connectivity index (χ4v) is 3.72. The van der Waals surface area contributed by atoms with Gasteiger partial charge < -0.3 is 0 Å². The number of rotatable bonds is 4. The molecule has 130 valence electrons. The van der Waals surface area contributed by atoms with E-state index < -0.39 is 27.3 Å². The van der Waals surface area contributed by atoms with Crippen molar-refractivity contribution in [3.63, 3.8) is 0 Å². The Morgan fingerprint density at radius 2 is 1.80 bits per heavy atom. The summed E-state index contributed by atoms with van der Waals surface area (Å²) >= 11 is 0. The Hall–Kier alpha value is -2.74. The molecule has 0 atom stereocenters. The zero-order chi connectivity index (χ0) is 18.2. The number of benzene rings is 2. The second-order valence-electron chi connectivity index (χ2n) is 5.65. The molecule has 0 radical (unpaired) electrons. The molecule has 0 amide bonds. The van der Waals surface area contributed by atoms with Crippen LogP contribution in [0, 0.1) is 25.5 Å².